The van der Waals surface area contributed by atoms with Gasteiger partial charge < -0.3 is 15.5 Å². The standard InChI is InChI=1S/C11H15NO3/c1-2-6-12-10(11(14)15)8-4-3-5-9(13)7-8/h3-5,7,10,12-13H,2,6H2,1H3,(H,14,15). The topological polar surface area (TPSA) is 69.6 Å². The SMILES string of the molecule is CCCNC(C(=O)O)c1cccc(O)c1. The van der Waals surface area contributed by atoms with Crippen LogP contribution in [0.3, 0.4) is 0 Å². The molecule has 0 saturated carbocycles. The Bertz CT molecular complexity index is 338. The van der Waals surface area contributed by atoms with Crippen LogP contribution < -0.4 is 5.32 Å². The minimum Gasteiger partial charge on any atom is -0.508 e. The number of rotatable bonds is 5. The molecule has 1 atom stereocenters. The smallest absolute Gasteiger partial charge is 0.325 e. The van der Waals surface area contributed by atoms with Gasteiger partial charge in [0.25, 0.3) is 0 Å². The Balaban J connectivity index is 2.84. The summed E-state index contributed by atoms with van der Waals surface area (Å²) in [6.07, 6.45) is 0.864. The molecule has 0 fully saturated rings. The minimum absolute atomic E-state index is 0.0806. The maximum atomic E-state index is 11.0. The van der Waals surface area contributed by atoms with E-state index in [9.17, 15) is 9.90 Å². The number of aromatic hydroxyl groups is 1. The van der Waals surface area contributed by atoms with E-state index in [-0.39, 0.29) is 5.75 Å². The molecule has 1 aromatic carbocycles. The third kappa shape index (κ3) is 3.25. The molecule has 0 amide bonds. The first-order chi connectivity index (χ1) is 7.15. The first kappa shape index (κ1) is 11.5. The Morgan fingerprint density at radius 1 is 1.53 bits per heavy atom. The van der Waals surface area contributed by atoms with Crippen LogP contribution in [0, 0.1) is 0 Å². The highest BCUT2D eigenvalue weighted by Gasteiger charge is 2.18. The summed E-state index contributed by atoms with van der Waals surface area (Å²) in [4.78, 5) is 11.0. The van der Waals surface area contributed by atoms with Crippen molar-refractivity contribution in [1.29, 1.82) is 0 Å². The van der Waals surface area contributed by atoms with E-state index in [0.717, 1.165) is 6.42 Å². The van der Waals surface area contributed by atoms with Crippen LogP contribution in [0.2, 0.25) is 0 Å². The van der Waals surface area contributed by atoms with Crippen molar-refractivity contribution in [3.63, 3.8) is 0 Å². The van der Waals surface area contributed by atoms with E-state index in [1.807, 2.05) is 6.92 Å². The molecule has 3 N–H and O–H groups in total. The molecule has 0 spiro atoms. The van der Waals surface area contributed by atoms with Crippen molar-refractivity contribution in [2.75, 3.05) is 6.54 Å². The average molecular weight is 209 g/mol. The van der Waals surface area contributed by atoms with Crippen molar-refractivity contribution < 1.29 is 15.0 Å². The van der Waals surface area contributed by atoms with Crippen molar-refractivity contribution in [3.8, 4) is 5.75 Å². The molecule has 1 unspecified atom stereocenters. The lowest BCUT2D eigenvalue weighted by atomic mass is 10.1. The van der Waals surface area contributed by atoms with Crippen molar-refractivity contribution in [3.05, 3.63) is 29.8 Å². The van der Waals surface area contributed by atoms with Gasteiger partial charge in [-0.2, -0.15) is 0 Å². The van der Waals surface area contributed by atoms with E-state index < -0.39 is 12.0 Å². The van der Waals surface area contributed by atoms with Crippen molar-refractivity contribution >= 4 is 5.97 Å². The first-order valence-electron chi connectivity index (χ1n) is 4.90. The predicted molar refractivity (Wildman–Crippen MR) is 56.8 cm³/mol. The second-order valence-electron chi connectivity index (χ2n) is 3.32. The van der Waals surface area contributed by atoms with Gasteiger partial charge in [0.1, 0.15) is 11.8 Å². The highest BCUT2D eigenvalue weighted by Crippen LogP contribution is 2.18. The van der Waals surface area contributed by atoms with Gasteiger partial charge in [-0.1, -0.05) is 19.1 Å². The first-order valence-corrected chi connectivity index (χ1v) is 4.90. The molecule has 0 aliphatic rings. The van der Waals surface area contributed by atoms with Crippen LogP contribution in [-0.4, -0.2) is 22.7 Å². The van der Waals surface area contributed by atoms with E-state index in [2.05, 4.69) is 5.32 Å². The molecule has 1 rings (SSSR count). The Kier molecular flexibility index (Phi) is 4.12. The third-order valence-electron chi connectivity index (χ3n) is 2.05. The highest BCUT2D eigenvalue weighted by molar-refractivity contribution is 5.75. The molecule has 0 heterocycles. The summed E-state index contributed by atoms with van der Waals surface area (Å²) in [6, 6.07) is 5.54. The van der Waals surface area contributed by atoms with E-state index in [1.54, 1.807) is 12.1 Å². The fraction of sp³-hybridized carbons (Fsp3) is 0.364. The van der Waals surface area contributed by atoms with Crippen LogP contribution in [-0.2, 0) is 4.79 Å². The van der Waals surface area contributed by atoms with Gasteiger partial charge in [0, 0.05) is 0 Å². The van der Waals surface area contributed by atoms with Crippen LogP contribution in [0.1, 0.15) is 24.9 Å². The van der Waals surface area contributed by atoms with E-state index in [1.165, 1.54) is 12.1 Å². The number of aliphatic carboxylic acids is 1. The second kappa shape index (κ2) is 5.36. The molecule has 4 heteroatoms. The number of phenols is 1. The normalized spacial score (nSPS) is 12.3. The number of carbonyl (C=O) groups is 1. The van der Waals surface area contributed by atoms with Gasteiger partial charge in [-0.05, 0) is 30.7 Å². The number of benzene rings is 1. The maximum absolute atomic E-state index is 11.0. The van der Waals surface area contributed by atoms with Crippen LogP contribution >= 0.6 is 0 Å². The second-order valence-corrected chi connectivity index (χ2v) is 3.32. The van der Waals surface area contributed by atoms with E-state index in [4.69, 9.17) is 5.11 Å². The molecule has 0 aliphatic carbocycles. The summed E-state index contributed by atoms with van der Waals surface area (Å²) >= 11 is 0. The molecule has 0 saturated heterocycles. The number of carboxylic acid groups (broad SMARTS) is 1. The zero-order valence-corrected chi connectivity index (χ0v) is 8.60. The van der Waals surface area contributed by atoms with Gasteiger partial charge in [-0.3, -0.25) is 4.79 Å². The zero-order chi connectivity index (χ0) is 11.3. The minimum atomic E-state index is -0.936. The molecule has 0 aliphatic heterocycles. The van der Waals surface area contributed by atoms with Crippen LogP contribution in [0.25, 0.3) is 0 Å². The lowest BCUT2D eigenvalue weighted by Gasteiger charge is -2.14. The van der Waals surface area contributed by atoms with Crippen molar-refractivity contribution in [2.24, 2.45) is 0 Å². The number of hydrogen-bond acceptors (Lipinski definition) is 3. The average Bonchev–Trinajstić information content (AvgIpc) is 2.18. The Morgan fingerprint density at radius 2 is 2.27 bits per heavy atom. The Morgan fingerprint density at radius 3 is 2.80 bits per heavy atom. The maximum Gasteiger partial charge on any atom is 0.325 e. The Labute approximate surface area is 88.6 Å². The predicted octanol–water partition coefficient (Wildman–Crippen LogP) is 1.52. The summed E-state index contributed by atoms with van der Waals surface area (Å²) in [5.41, 5.74) is 0.566. The van der Waals surface area contributed by atoms with Gasteiger partial charge in [-0.15, -0.1) is 0 Å². The summed E-state index contributed by atoms with van der Waals surface area (Å²) in [5.74, 6) is -0.855. The summed E-state index contributed by atoms with van der Waals surface area (Å²) in [6.45, 7) is 2.60. The largest absolute Gasteiger partial charge is 0.508 e. The van der Waals surface area contributed by atoms with Crippen LogP contribution in [0.5, 0.6) is 5.75 Å². The zero-order valence-electron chi connectivity index (χ0n) is 8.60. The molecular weight excluding hydrogens is 194 g/mol. The lowest BCUT2D eigenvalue weighted by molar-refractivity contribution is -0.139. The van der Waals surface area contributed by atoms with Gasteiger partial charge in [-0.25, -0.2) is 0 Å². The monoisotopic (exact) mass is 209 g/mol. The van der Waals surface area contributed by atoms with Crippen molar-refractivity contribution in [1.82, 2.24) is 5.32 Å². The molecule has 1 aromatic rings. The quantitative estimate of drug-likeness (QED) is 0.687. The Hall–Kier alpha value is -1.55. The molecule has 15 heavy (non-hydrogen) atoms. The molecule has 0 aromatic heterocycles. The number of phenolic OH excluding ortho intramolecular Hbond substituents is 1. The molecule has 4 nitrogen and oxygen atoms in total. The van der Waals surface area contributed by atoms with Crippen LogP contribution in [0.4, 0.5) is 0 Å². The highest BCUT2D eigenvalue weighted by atomic mass is 16.4. The van der Waals surface area contributed by atoms with Crippen LogP contribution in [0.15, 0.2) is 24.3 Å². The molecule has 82 valence electrons. The fourth-order valence-corrected chi connectivity index (χ4v) is 1.34. The summed E-state index contributed by atoms with van der Waals surface area (Å²) < 4.78 is 0. The number of carboxylic acids is 1. The van der Waals surface area contributed by atoms with Crippen molar-refractivity contribution in [2.45, 2.75) is 19.4 Å². The third-order valence-corrected chi connectivity index (χ3v) is 2.05. The van der Waals surface area contributed by atoms with Gasteiger partial charge in [0.15, 0.2) is 0 Å². The van der Waals surface area contributed by atoms with Gasteiger partial charge >= 0.3 is 5.97 Å². The molecular formula is C11H15NO3. The number of hydrogen-bond donors (Lipinski definition) is 3. The van der Waals surface area contributed by atoms with E-state index >= 15 is 0 Å². The molecule has 0 radical (unpaired) electrons. The summed E-state index contributed by atoms with van der Waals surface area (Å²) in [7, 11) is 0. The number of nitrogens with one attached hydrogen (secondary N) is 1. The molecule has 0 bridgehead atoms. The summed E-state index contributed by atoms with van der Waals surface area (Å²) in [5, 5.41) is 21.2. The lowest BCUT2D eigenvalue weighted by Crippen LogP contribution is -2.28. The van der Waals surface area contributed by atoms with Gasteiger partial charge in [0.2, 0.25) is 0 Å². The van der Waals surface area contributed by atoms with Gasteiger partial charge in [0.05, 0.1) is 0 Å². The van der Waals surface area contributed by atoms with E-state index in [0.29, 0.717) is 12.1 Å². The fourth-order valence-electron chi connectivity index (χ4n) is 1.34.